The van der Waals surface area contributed by atoms with Gasteiger partial charge in [-0.05, 0) is 45.2 Å². The summed E-state index contributed by atoms with van der Waals surface area (Å²) in [6.07, 6.45) is 0.0611. The van der Waals surface area contributed by atoms with Crippen molar-refractivity contribution in [3.05, 3.63) is 71.8 Å². The highest BCUT2D eigenvalue weighted by Gasteiger charge is 2.37. The Labute approximate surface area is 185 Å². The number of benzene rings is 2. The van der Waals surface area contributed by atoms with Crippen molar-refractivity contribution in [3.63, 3.8) is 0 Å². The maximum atomic E-state index is 12.2. The van der Waals surface area contributed by atoms with Gasteiger partial charge in [-0.15, -0.1) is 0 Å². The third kappa shape index (κ3) is 7.72. The second kappa shape index (κ2) is 11.0. The summed E-state index contributed by atoms with van der Waals surface area (Å²) in [5, 5.41) is 9.45. The first-order valence-electron chi connectivity index (χ1n) is 10.6. The molecule has 6 heteroatoms. The molecule has 1 aliphatic rings. The number of piperidine rings is 1. The van der Waals surface area contributed by atoms with Crippen molar-refractivity contribution in [2.75, 3.05) is 13.1 Å². The van der Waals surface area contributed by atoms with Crippen LogP contribution >= 0.6 is 0 Å². The van der Waals surface area contributed by atoms with Gasteiger partial charge in [-0.3, -0.25) is 4.79 Å². The number of likely N-dealkylation sites (tertiary alicyclic amines) is 1. The van der Waals surface area contributed by atoms with E-state index in [0.29, 0.717) is 19.5 Å². The fraction of sp³-hybridized carbons (Fsp3) is 0.440. The number of amides is 1. The lowest BCUT2D eigenvalue weighted by Crippen LogP contribution is -2.46. The van der Waals surface area contributed by atoms with Crippen molar-refractivity contribution >= 4 is 12.1 Å². The molecule has 1 fully saturated rings. The van der Waals surface area contributed by atoms with Crippen molar-refractivity contribution in [3.8, 4) is 0 Å². The second-order valence-electron chi connectivity index (χ2n) is 8.88. The van der Waals surface area contributed by atoms with Gasteiger partial charge in [0.05, 0.1) is 5.92 Å². The second-order valence-corrected chi connectivity index (χ2v) is 8.88. The maximum Gasteiger partial charge on any atom is 0.410 e. The molecule has 0 unspecified atom stereocenters. The highest BCUT2D eigenvalue weighted by Crippen LogP contribution is 2.33. The number of carbonyl (C=O) groups is 2. The first kappa shape index (κ1) is 24.4. The van der Waals surface area contributed by atoms with E-state index in [1.807, 2.05) is 88.4 Å². The molecule has 1 aliphatic heterocycles. The summed E-state index contributed by atoms with van der Waals surface area (Å²) in [6.45, 7) is 8.23. The Balaban J connectivity index is 0.000000316. The summed E-state index contributed by atoms with van der Waals surface area (Å²) in [6, 6.07) is 19.7. The zero-order valence-corrected chi connectivity index (χ0v) is 18.8. The highest BCUT2D eigenvalue weighted by atomic mass is 16.6. The predicted octanol–water partition coefficient (Wildman–Crippen LogP) is 4.82. The van der Waals surface area contributed by atoms with Crippen LogP contribution in [0.5, 0.6) is 0 Å². The molecule has 0 radical (unpaired) electrons. The molecule has 3 N–H and O–H groups in total. The zero-order valence-electron chi connectivity index (χ0n) is 18.8. The summed E-state index contributed by atoms with van der Waals surface area (Å²) in [4.78, 5) is 25.3. The summed E-state index contributed by atoms with van der Waals surface area (Å²) in [5.74, 6) is -1.49. The number of nitrogens with zero attached hydrogens (tertiary/aromatic N) is 1. The van der Waals surface area contributed by atoms with Crippen LogP contribution in [0.1, 0.15) is 57.2 Å². The molecule has 3 atom stereocenters. The molecule has 2 aromatic carbocycles. The smallest absolute Gasteiger partial charge is 0.410 e. The lowest BCUT2D eigenvalue weighted by Gasteiger charge is -2.37. The number of carboxylic acids is 1. The van der Waals surface area contributed by atoms with E-state index in [4.69, 9.17) is 10.5 Å². The molecule has 1 amide bonds. The van der Waals surface area contributed by atoms with Crippen LogP contribution in [0.3, 0.4) is 0 Å². The standard InChI is InChI=1S/C17H23NO4.C8H11N/c1-17(2,3)22-16(21)18-10-9-13(15(19)20)14(11-18)12-7-5-4-6-8-12;1-7(9)8-5-3-2-4-6-8/h4-8,13-14H,9-11H2,1-3H3,(H,19,20);2-7H,9H2,1H3/t13-,14+;7-/m00/s1. The lowest BCUT2D eigenvalue weighted by atomic mass is 9.81. The Morgan fingerprint density at radius 3 is 2.06 bits per heavy atom. The third-order valence-electron chi connectivity index (χ3n) is 5.13. The van der Waals surface area contributed by atoms with E-state index in [1.165, 1.54) is 5.56 Å². The Morgan fingerprint density at radius 1 is 1.06 bits per heavy atom. The molecular weight excluding hydrogens is 392 g/mol. The Hall–Kier alpha value is -2.86. The van der Waals surface area contributed by atoms with Crippen LogP contribution in [0.25, 0.3) is 0 Å². The number of carboxylic acid groups (broad SMARTS) is 1. The minimum Gasteiger partial charge on any atom is -0.481 e. The van der Waals surface area contributed by atoms with Crippen LogP contribution in [0, 0.1) is 5.92 Å². The van der Waals surface area contributed by atoms with Crippen molar-refractivity contribution in [2.24, 2.45) is 11.7 Å². The first-order valence-corrected chi connectivity index (χ1v) is 10.6. The third-order valence-corrected chi connectivity index (χ3v) is 5.13. The summed E-state index contributed by atoms with van der Waals surface area (Å²) in [7, 11) is 0. The quantitative estimate of drug-likeness (QED) is 0.734. The number of rotatable bonds is 3. The summed E-state index contributed by atoms with van der Waals surface area (Å²) >= 11 is 0. The SMILES string of the molecule is CC(C)(C)OC(=O)N1CC[C@H](C(=O)O)[C@@H](c2ccccc2)C1.C[C@H](N)c1ccccc1. The number of ether oxygens (including phenoxy) is 1. The molecule has 0 spiro atoms. The molecule has 0 aliphatic carbocycles. The van der Waals surface area contributed by atoms with Gasteiger partial charge in [-0.2, -0.15) is 0 Å². The first-order chi connectivity index (χ1) is 14.6. The molecule has 0 aromatic heterocycles. The van der Waals surface area contributed by atoms with E-state index in [1.54, 1.807) is 4.90 Å². The minimum atomic E-state index is -0.808. The fourth-order valence-corrected chi connectivity index (χ4v) is 3.53. The number of aliphatic carboxylic acids is 1. The largest absolute Gasteiger partial charge is 0.481 e. The van der Waals surface area contributed by atoms with Crippen LogP contribution in [0.4, 0.5) is 4.79 Å². The number of hydrogen-bond acceptors (Lipinski definition) is 4. The van der Waals surface area contributed by atoms with Crippen molar-refractivity contribution in [1.29, 1.82) is 0 Å². The molecule has 168 valence electrons. The fourth-order valence-electron chi connectivity index (χ4n) is 3.53. The van der Waals surface area contributed by atoms with Gasteiger partial charge in [-0.25, -0.2) is 4.79 Å². The molecule has 2 aromatic rings. The Kier molecular flexibility index (Phi) is 8.63. The average molecular weight is 427 g/mol. The van der Waals surface area contributed by atoms with Gasteiger partial charge in [0.25, 0.3) is 0 Å². The van der Waals surface area contributed by atoms with E-state index >= 15 is 0 Å². The average Bonchev–Trinajstić information content (AvgIpc) is 2.73. The molecule has 0 bridgehead atoms. The summed E-state index contributed by atoms with van der Waals surface area (Å²) in [5.41, 5.74) is 7.20. The zero-order chi connectivity index (χ0) is 23.0. The van der Waals surface area contributed by atoms with Gasteiger partial charge in [0, 0.05) is 25.0 Å². The highest BCUT2D eigenvalue weighted by molar-refractivity contribution is 5.73. The molecule has 1 heterocycles. The molecule has 31 heavy (non-hydrogen) atoms. The molecular formula is C25H34N2O4. The number of hydrogen-bond donors (Lipinski definition) is 2. The number of nitrogens with two attached hydrogens (primary N) is 1. The van der Waals surface area contributed by atoms with Crippen LogP contribution in [-0.2, 0) is 9.53 Å². The van der Waals surface area contributed by atoms with Crippen LogP contribution in [0.2, 0.25) is 0 Å². The molecule has 0 saturated carbocycles. The van der Waals surface area contributed by atoms with Gasteiger partial charge in [0.2, 0.25) is 0 Å². The van der Waals surface area contributed by atoms with E-state index in [-0.39, 0.29) is 18.1 Å². The predicted molar refractivity (Wildman–Crippen MR) is 122 cm³/mol. The van der Waals surface area contributed by atoms with Crippen molar-refractivity contribution in [2.45, 2.75) is 51.7 Å². The maximum absolute atomic E-state index is 12.2. The normalized spacial score (nSPS) is 19.6. The van der Waals surface area contributed by atoms with E-state index in [0.717, 1.165) is 5.56 Å². The summed E-state index contributed by atoms with van der Waals surface area (Å²) < 4.78 is 5.40. The number of carbonyl (C=O) groups excluding carboxylic acids is 1. The topological polar surface area (TPSA) is 92.9 Å². The van der Waals surface area contributed by atoms with Crippen molar-refractivity contribution in [1.82, 2.24) is 4.90 Å². The molecule has 3 rings (SSSR count). The van der Waals surface area contributed by atoms with Crippen LogP contribution < -0.4 is 5.73 Å². The lowest BCUT2D eigenvalue weighted by molar-refractivity contribution is -0.144. The monoisotopic (exact) mass is 426 g/mol. The Bertz CT molecular complexity index is 832. The van der Waals surface area contributed by atoms with Crippen molar-refractivity contribution < 1.29 is 19.4 Å². The van der Waals surface area contributed by atoms with Gasteiger partial charge in [0.1, 0.15) is 5.60 Å². The van der Waals surface area contributed by atoms with Crippen LogP contribution in [-0.4, -0.2) is 40.8 Å². The van der Waals surface area contributed by atoms with Gasteiger partial charge < -0.3 is 20.5 Å². The van der Waals surface area contributed by atoms with Gasteiger partial charge in [-0.1, -0.05) is 60.7 Å². The van der Waals surface area contributed by atoms with Gasteiger partial charge >= 0.3 is 12.1 Å². The van der Waals surface area contributed by atoms with E-state index in [9.17, 15) is 14.7 Å². The Morgan fingerprint density at radius 2 is 1.61 bits per heavy atom. The van der Waals surface area contributed by atoms with Crippen LogP contribution in [0.15, 0.2) is 60.7 Å². The van der Waals surface area contributed by atoms with E-state index < -0.39 is 17.5 Å². The van der Waals surface area contributed by atoms with E-state index in [2.05, 4.69) is 0 Å². The minimum absolute atomic E-state index is 0.159. The molecule has 1 saturated heterocycles. The molecule has 6 nitrogen and oxygen atoms in total. The van der Waals surface area contributed by atoms with Gasteiger partial charge in [0.15, 0.2) is 0 Å².